The van der Waals surface area contributed by atoms with E-state index in [2.05, 4.69) is 51.4 Å². The van der Waals surface area contributed by atoms with E-state index in [1.165, 1.54) is 10.4 Å². The number of fused-ring (bicyclic) bond motifs is 3. The second kappa shape index (κ2) is 6.66. The Bertz CT molecular complexity index is 1380. The van der Waals surface area contributed by atoms with Crippen LogP contribution in [0.2, 0.25) is 0 Å². The van der Waals surface area contributed by atoms with Crippen LogP contribution in [0, 0.1) is 0 Å². The molecular formula is C21H18N6O2. The molecule has 0 spiro atoms. The van der Waals surface area contributed by atoms with Gasteiger partial charge in [-0.3, -0.25) is 4.79 Å². The van der Waals surface area contributed by atoms with Crippen molar-refractivity contribution in [3.8, 4) is 11.4 Å². The van der Waals surface area contributed by atoms with Crippen molar-refractivity contribution in [1.82, 2.24) is 30.2 Å². The third-order valence-electron chi connectivity index (χ3n) is 4.86. The molecule has 0 aliphatic carbocycles. The van der Waals surface area contributed by atoms with Crippen molar-refractivity contribution in [3.05, 3.63) is 70.3 Å². The van der Waals surface area contributed by atoms with E-state index in [9.17, 15) is 4.79 Å². The smallest absolute Gasteiger partial charge is 0.294 e. The SMILES string of the molecule is CC(C)c1ccc(-c2nnn(Cc3nc4c(oc5ccccc54)c(=O)[nH]3)n2)cc1. The molecule has 0 bridgehead atoms. The first-order chi connectivity index (χ1) is 14.1. The van der Waals surface area contributed by atoms with Crippen LogP contribution in [0.15, 0.2) is 57.7 Å². The summed E-state index contributed by atoms with van der Waals surface area (Å²) in [5.74, 6) is 1.43. The zero-order valence-corrected chi connectivity index (χ0v) is 16.0. The highest BCUT2D eigenvalue weighted by atomic mass is 16.3. The topological polar surface area (TPSA) is 102 Å². The Kier molecular flexibility index (Phi) is 3.97. The minimum Gasteiger partial charge on any atom is -0.449 e. The van der Waals surface area contributed by atoms with Crippen LogP contribution in [0.5, 0.6) is 0 Å². The molecule has 1 N–H and O–H groups in total. The van der Waals surface area contributed by atoms with E-state index in [1.54, 1.807) is 0 Å². The van der Waals surface area contributed by atoms with Crippen molar-refractivity contribution in [2.45, 2.75) is 26.3 Å². The molecule has 5 rings (SSSR count). The Morgan fingerprint density at radius 3 is 2.69 bits per heavy atom. The fourth-order valence-corrected chi connectivity index (χ4v) is 3.30. The lowest BCUT2D eigenvalue weighted by Gasteiger charge is -2.04. The number of benzene rings is 2. The number of rotatable bonds is 4. The number of H-pyrrole nitrogens is 1. The highest BCUT2D eigenvalue weighted by Gasteiger charge is 2.14. The van der Waals surface area contributed by atoms with Crippen molar-refractivity contribution >= 4 is 22.1 Å². The van der Waals surface area contributed by atoms with Gasteiger partial charge in [-0.1, -0.05) is 50.2 Å². The molecule has 2 aromatic carbocycles. The molecule has 5 aromatic rings. The van der Waals surface area contributed by atoms with E-state index < -0.39 is 0 Å². The number of hydrogen-bond donors (Lipinski definition) is 1. The van der Waals surface area contributed by atoms with Crippen LogP contribution in [0.25, 0.3) is 33.5 Å². The van der Waals surface area contributed by atoms with Crippen LogP contribution in [0.4, 0.5) is 0 Å². The van der Waals surface area contributed by atoms with Gasteiger partial charge in [-0.25, -0.2) is 4.98 Å². The van der Waals surface area contributed by atoms with Crippen LogP contribution >= 0.6 is 0 Å². The Hall–Kier alpha value is -3.81. The maximum atomic E-state index is 12.4. The van der Waals surface area contributed by atoms with Gasteiger partial charge in [-0.2, -0.15) is 4.80 Å². The third-order valence-corrected chi connectivity index (χ3v) is 4.86. The quantitative estimate of drug-likeness (QED) is 0.507. The van der Waals surface area contributed by atoms with Crippen molar-refractivity contribution in [2.75, 3.05) is 0 Å². The summed E-state index contributed by atoms with van der Waals surface area (Å²) >= 11 is 0. The molecule has 0 aliphatic heterocycles. The van der Waals surface area contributed by atoms with Gasteiger partial charge in [-0.05, 0) is 28.8 Å². The first-order valence-corrected chi connectivity index (χ1v) is 9.37. The molecule has 0 saturated heterocycles. The maximum Gasteiger partial charge on any atom is 0.294 e. The summed E-state index contributed by atoms with van der Waals surface area (Å²) < 4.78 is 5.62. The van der Waals surface area contributed by atoms with Gasteiger partial charge in [0.25, 0.3) is 5.56 Å². The predicted octanol–water partition coefficient (Wildman–Crippen LogP) is 3.49. The molecule has 0 atom stereocenters. The van der Waals surface area contributed by atoms with Crippen molar-refractivity contribution < 1.29 is 4.42 Å². The lowest BCUT2D eigenvalue weighted by atomic mass is 10.0. The summed E-state index contributed by atoms with van der Waals surface area (Å²) in [6, 6.07) is 15.5. The molecule has 0 radical (unpaired) electrons. The number of para-hydroxylation sites is 1. The second-order valence-electron chi connectivity index (χ2n) is 7.21. The van der Waals surface area contributed by atoms with Crippen LogP contribution in [0.3, 0.4) is 0 Å². The largest absolute Gasteiger partial charge is 0.449 e. The van der Waals surface area contributed by atoms with E-state index >= 15 is 0 Å². The van der Waals surface area contributed by atoms with E-state index in [0.29, 0.717) is 28.7 Å². The number of furan rings is 1. The van der Waals surface area contributed by atoms with Crippen LogP contribution in [0.1, 0.15) is 31.2 Å². The van der Waals surface area contributed by atoms with E-state index in [-0.39, 0.29) is 17.7 Å². The summed E-state index contributed by atoms with van der Waals surface area (Å²) in [6.07, 6.45) is 0. The van der Waals surface area contributed by atoms with Gasteiger partial charge in [0.1, 0.15) is 23.5 Å². The number of nitrogens with zero attached hydrogens (tertiary/aromatic N) is 5. The zero-order chi connectivity index (χ0) is 20.0. The molecule has 8 heteroatoms. The third kappa shape index (κ3) is 3.08. The molecule has 0 unspecified atom stereocenters. The molecule has 29 heavy (non-hydrogen) atoms. The average Bonchev–Trinajstić information content (AvgIpc) is 3.33. The number of tetrazole rings is 1. The number of aromatic nitrogens is 6. The van der Waals surface area contributed by atoms with Crippen LogP contribution in [-0.4, -0.2) is 30.2 Å². The monoisotopic (exact) mass is 386 g/mol. The van der Waals surface area contributed by atoms with Gasteiger partial charge in [0.2, 0.25) is 11.4 Å². The number of hydrogen-bond acceptors (Lipinski definition) is 6. The Morgan fingerprint density at radius 2 is 1.90 bits per heavy atom. The summed E-state index contributed by atoms with van der Waals surface area (Å²) in [7, 11) is 0. The summed E-state index contributed by atoms with van der Waals surface area (Å²) in [5, 5.41) is 13.4. The summed E-state index contributed by atoms with van der Waals surface area (Å²) in [5.41, 5.74) is 3.19. The van der Waals surface area contributed by atoms with Crippen LogP contribution in [-0.2, 0) is 6.54 Å². The zero-order valence-electron chi connectivity index (χ0n) is 16.0. The summed E-state index contributed by atoms with van der Waals surface area (Å²) in [4.78, 5) is 21.1. The molecule has 0 amide bonds. The van der Waals surface area contributed by atoms with Gasteiger partial charge in [-0.15, -0.1) is 10.2 Å². The number of nitrogens with one attached hydrogen (secondary N) is 1. The Labute approximate surface area is 165 Å². The minimum atomic E-state index is -0.328. The molecule has 144 valence electrons. The normalized spacial score (nSPS) is 11.7. The van der Waals surface area contributed by atoms with E-state index in [0.717, 1.165) is 10.9 Å². The second-order valence-corrected chi connectivity index (χ2v) is 7.21. The lowest BCUT2D eigenvalue weighted by Crippen LogP contribution is -2.15. The van der Waals surface area contributed by atoms with Crippen molar-refractivity contribution in [3.63, 3.8) is 0 Å². The minimum absolute atomic E-state index is 0.196. The van der Waals surface area contributed by atoms with Gasteiger partial charge >= 0.3 is 0 Å². The summed E-state index contributed by atoms with van der Waals surface area (Å²) in [6.45, 7) is 4.50. The Morgan fingerprint density at radius 1 is 1.10 bits per heavy atom. The standard InChI is InChI=1S/C21H18N6O2/c1-12(2)13-7-9-14(10-8-13)20-24-26-27(25-20)11-17-22-18-15-5-3-4-6-16(15)29-19(18)21(28)23-17/h3-10,12H,11H2,1-2H3,(H,22,23,28). The van der Waals surface area contributed by atoms with E-state index in [4.69, 9.17) is 4.42 Å². The lowest BCUT2D eigenvalue weighted by molar-refractivity contribution is 0.553. The highest BCUT2D eigenvalue weighted by Crippen LogP contribution is 2.24. The van der Waals surface area contributed by atoms with Crippen molar-refractivity contribution in [1.29, 1.82) is 0 Å². The van der Waals surface area contributed by atoms with Crippen LogP contribution < -0.4 is 5.56 Å². The first kappa shape index (κ1) is 17.3. The van der Waals surface area contributed by atoms with E-state index in [1.807, 2.05) is 36.4 Å². The van der Waals surface area contributed by atoms with Gasteiger partial charge < -0.3 is 9.40 Å². The maximum absolute atomic E-state index is 12.4. The fraction of sp³-hybridized carbons (Fsp3) is 0.190. The van der Waals surface area contributed by atoms with Crippen molar-refractivity contribution in [2.24, 2.45) is 0 Å². The Balaban J connectivity index is 1.47. The molecule has 0 aliphatic rings. The number of aromatic amines is 1. The van der Waals surface area contributed by atoms with Gasteiger partial charge in [0.05, 0.1) is 0 Å². The highest BCUT2D eigenvalue weighted by molar-refractivity contribution is 6.01. The molecule has 8 nitrogen and oxygen atoms in total. The fourth-order valence-electron chi connectivity index (χ4n) is 3.30. The molecule has 0 fully saturated rings. The van der Waals surface area contributed by atoms with Gasteiger partial charge in [0, 0.05) is 10.9 Å². The first-order valence-electron chi connectivity index (χ1n) is 9.37. The molecule has 3 heterocycles. The molecule has 3 aromatic heterocycles. The molecular weight excluding hydrogens is 368 g/mol. The predicted molar refractivity (Wildman–Crippen MR) is 109 cm³/mol. The van der Waals surface area contributed by atoms with Gasteiger partial charge in [0.15, 0.2) is 0 Å². The molecule has 0 saturated carbocycles. The average molecular weight is 386 g/mol.